The third kappa shape index (κ3) is 2.07. The number of carbonyl (C=O) groups is 1. The fourth-order valence-electron chi connectivity index (χ4n) is 1.30. The Labute approximate surface area is 91.9 Å². The number of hydrogen-bond acceptors (Lipinski definition) is 5. The van der Waals surface area contributed by atoms with Crippen LogP contribution in [0.4, 0.5) is 5.69 Å². The van der Waals surface area contributed by atoms with Gasteiger partial charge in [0, 0.05) is 31.9 Å². The average molecular weight is 225 g/mol. The summed E-state index contributed by atoms with van der Waals surface area (Å²) in [5, 5.41) is 10.4. The van der Waals surface area contributed by atoms with Gasteiger partial charge < -0.3 is 9.47 Å². The number of nitrogens with zero attached hydrogens (tertiary/aromatic N) is 1. The summed E-state index contributed by atoms with van der Waals surface area (Å²) >= 11 is 0. The molecule has 0 radical (unpaired) electrons. The number of hydrogen-bond donors (Lipinski definition) is 0. The summed E-state index contributed by atoms with van der Waals surface area (Å²) in [7, 11) is 2.64. The highest BCUT2D eigenvalue weighted by atomic mass is 16.7. The molecule has 1 aromatic carbocycles. The number of ether oxygens (including phenoxy) is 2. The summed E-state index contributed by atoms with van der Waals surface area (Å²) in [5.74, 6) is -1.50. The molecule has 0 aromatic heterocycles. The first-order chi connectivity index (χ1) is 7.59. The molecule has 0 aliphatic rings. The van der Waals surface area contributed by atoms with Crippen LogP contribution in [0.5, 0.6) is 0 Å². The Morgan fingerprint density at radius 2 is 1.75 bits per heavy atom. The molecule has 0 bridgehead atoms. The highest BCUT2D eigenvalue weighted by molar-refractivity contribution is 5.64. The maximum Gasteiger partial charge on any atom is 0.269 e. The number of carbonyl (C=O) groups excluding carboxylic acids is 1. The number of non-ortho nitro benzene ring substituents is 1. The van der Waals surface area contributed by atoms with Crippen LogP contribution < -0.4 is 0 Å². The van der Waals surface area contributed by atoms with Crippen molar-refractivity contribution in [3.8, 4) is 0 Å². The Balaban J connectivity index is 3.13. The Bertz CT molecular complexity index is 383. The third-order valence-corrected chi connectivity index (χ3v) is 2.24. The number of nitro groups is 1. The second-order valence-electron chi connectivity index (χ2n) is 3.00. The molecule has 0 fully saturated rings. The molecule has 0 amide bonds. The van der Waals surface area contributed by atoms with Crippen molar-refractivity contribution in [2.45, 2.75) is 5.79 Å². The van der Waals surface area contributed by atoms with E-state index in [1.54, 1.807) is 0 Å². The average Bonchev–Trinajstić information content (AvgIpc) is 2.33. The van der Waals surface area contributed by atoms with Crippen LogP contribution >= 0.6 is 0 Å². The van der Waals surface area contributed by atoms with Gasteiger partial charge in [-0.3, -0.25) is 14.9 Å². The summed E-state index contributed by atoms with van der Waals surface area (Å²) in [4.78, 5) is 20.8. The fraction of sp³-hybridized carbons (Fsp3) is 0.300. The summed E-state index contributed by atoms with van der Waals surface area (Å²) in [6.45, 7) is 0. The van der Waals surface area contributed by atoms with Crippen molar-refractivity contribution in [2.75, 3.05) is 14.2 Å². The lowest BCUT2D eigenvalue weighted by Gasteiger charge is -2.24. The van der Waals surface area contributed by atoms with Crippen LogP contribution in [0.2, 0.25) is 0 Å². The minimum absolute atomic E-state index is 0.0595. The van der Waals surface area contributed by atoms with E-state index in [1.165, 1.54) is 38.5 Å². The molecule has 0 N–H and O–H groups in total. The zero-order valence-electron chi connectivity index (χ0n) is 8.88. The molecule has 1 aromatic rings. The van der Waals surface area contributed by atoms with Crippen LogP contribution in [0.3, 0.4) is 0 Å². The fourth-order valence-corrected chi connectivity index (χ4v) is 1.30. The van der Waals surface area contributed by atoms with Gasteiger partial charge in [-0.1, -0.05) is 0 Å². The van der Waals surface area contributed by atoms with Crippen LogP contribution in [0.1, 0.15) is 5.56 Å². The molecule has 0 heterocycles. The smallest absolute Gasteiger partial charge is 0.269 e. The van der Waals surface area contributed by atoms with Crippen LogP contribution in [-0.4, -0.2) is 25.4 Å². The molecule has 6 nitrogen and oxygen atoms in total. The molecule has 0 aliphatic carbocycles. The standard InChI is InChI=1S/C10H11NO5/c1-15-10(7-12,16-2)8-3-5-9(6-4-8)11(13)14/h3-7H,1-2H3. The SMILES string of the molecule is COC(C=O)(OC)c1ccc([N+](=O)[O-])cc1. The van der Waals surface area contributed by atoms with Crippen molar-refractivity contribution in [1.29, 1.82) is 0 Å². The summed E-state index contributed by atoms with van der Waals surface area (Å²) in [5.41, 5.74) is 0.342. The molecule has 6 heteroatoms. The summed E-state index contributed by atoms with van der Waals surface area (Å²) < 4.78 is 9.93. The third-order valence-electron chi connectivity index (χ3n) is 2.24. The normalized spacial score (nSPS) is 11.1. The number of aldehydes is 1. The van der Waals surface area contributed by atoms with Crippen molar-refractivity contribution in [3.63, 3.8) is 0 Å². The number of rotatable bonds is 5. The summed E-state index contributed by atoms with van der Waals surface area (Å²) in [6.07, 6.45) is 0.494. The summed E-state index contributed by atoms with van der Waals surface area (Å²) in [6, 6.07) is 5.40. The lowest BCUT2D eigenvalue weighted by atomic mass is 10.1. The highest BCUT2D eigenvalue weighted by Gasteiger charge is 2.32. The van der Waals surface area contributed by atoms with E-state index in [1.807, 2.05) is 0 Å². The lowest BCUT2D eigenvalue weighted by molar-refractivity contribution is -0.384. The van der Waals surface area contributed by atoms with Gasteiger partial charge in [-0.2, -0.15) is 0 Å². The lowest BCUT2D eigenvalue weighted by Crippen LogP contribution is -2.32. The minimum atomic E-state index is -1.50. The Morgan fingerprint density at radius 3 is 2.06 bits per heavy atom. The predicted molar refractivity (Wildman–Crippen MR) is 54.9 cm³/mol. The maximum absolute atomic E-state index is 10.9. The van der Waals surface area contributed by atoms with Gasteiger partial charge in [0.1, 0.15) is 0 Å². The quantitative estimate of drug-likeness (QED) is 0.326. The van der Waals surface area contributed by atoms with E-state index in [2.05, 4.69) is 0 Å². The highest BCUT2D eigenvalue weighted by Crippen LogP contribution is 2.25. The molecule has 0 spiro atoms. The number of methoxy groups -OCH3 is 2. The first kappa shape index (κ1) is 12.3. The zero-order chi connectivity index (χ0) is 12.2. The first-order valence-corrected chi connectivity index (χ1v) is 4.41. The number of benzene rings is 1. The van der Waals surface area contributed by atoms with Crippen LogP contribution in [0, 0.1) is 10.1 Å². The largest absolute Gasteiger partial charge is 0.344 e. The van der Waals surface area contributed by atoms with Crippen LogP contribution in [-0.2, 0) is 20.1 Å². The molecule has 16 heavy (non-hydrogen) atoms. The van der Waals surface area contributed by atoms with E-state index in [-0.39, 0.29) is 5.69 Å². The van der Waals surface area contributed by atoms with Crippen molar-refractivity contribution >= 4 is 12.0 Å². The molecule has 0 aliphatic heterocycles. The Morgan fingerprint density at radius 1 is 1.25 bits per heavy atom. The predicted octanol–water partition coefficient (Wildman–Crippen LogP) is 1.24. The Kier molecular flexibility index (Phi) is 3.70. The van der Waals surface area contributed by atoms with Crippen LogP contribution in [0.15, 0.2) is 24.3 Å². The van der Waals surface area contributed by atoms with E-state index in [0.29, 0.717) is 11.8 Å². The van der Waals surface area contributed by atoms with Gasteiger partial charge >= 0.3 is 0 Å². The van der Waals surface area contributed by atoms with E-state index < -0.39 is 10.7 Å². The van der Waals surface area contributed by atoms with E-state index in [4.69, 9.17) is 9.47 Å². The molecule has 86 valence electrons. The molecule has 0 saturated heterocycles. The van der Waals surface area contributed by atoms with Crippen molar-refractivity contribution in [3.05, 3.63) is 39.9 Å². The Hall–Kier alpha value is -1.79. The monoisotopic (exact) mass is 225 g/mol. The van der Waals surface area contributed by atoms with Gasteiger partial charge in [0.05, 0.1) is 4.92 Å². The van der Waals surface area contributed by atoms with Crippen molar-refractivity contribution < 1.29 is 19.2 Å². The van der Waals surface area contributed by atoms with Gasteiger partial charge in [0.15, 0.2) is 6.29 Å². The van der Waals surface area contributed by atoms with Crippen molar-refractivity contribution in [1.82, 2.24) is 0 Å². The van der Waals surface area contributed by atoms with Gasteiger partial charge in [-0.15, -0.1) is 0 Å². The topological polar surface area (TPSA) is 78.7 Å². The van der Waals surface area contributed by atoms with Gasteiger partial charge in [-0.25, -0.2) is 0 Å². The zero-order valence-corrected chi connectivity index (χ0v) is 8.88. The second kappa shape index (κ2) is 4.82. The van der Waals surface area contributed by atoms with Crippen molar-refractivity contribution in [2.24, 2.45) is 0 Å². The van der Waals surface area contributed by atoms with Gasteiger partial charge in [0.25, 0.3) is 11.5 Å². The van der Waals surface area contributed by atoms with Gasteiger partial charge in [0.2, 0.25) is 0 Å². The van der Waals surface area contributed by atoms with Crippen LogP contribution in [0.25, 0.3) is 0 Å². The molecular formula is C10H11NO5. The maximum atomic E-state index is 10.9. The molecule has 0 atom stereocenters. The second-order valence-corrected chi connectivity index (χ2v) is 3.00. The first-order valence-electron chi connectivity index (χ1n) is 4.41. The molecule has 0 saturated carbocycles. The molecule has 0 unspecified atom stereocenters. The van der Waals surface area contributed by atoms with E-state index in [9.17, 15) is 14.9 Å². The van der Waals surface area contributed by atoms with E-state index >= 15 is 0 Å². The van der Waals surface area contributed by atoms with E-state index in [0.717, 1.165) is 0 Å². The molecule has 1 rings (SSSR count). The minimum Gasteiger partial charge on any atom is -0.344 e. The van der Waals surface area contributed by atoms with Gasteiger partial charge in [-0.05, 0) is 12.1 Å². The molecular weight excluding hydrogens is 214 g/mol. The number of nitro benzene ring substituents is 1.